The Hall–Kier alpha value is -2.35. The topological polar surface area (TPSA) is 59.3 Å². The maximum absolute atomic E-state index is 12.9. The second-order valence-electron chi connectivity index (χ2n) is 8.88. The molecule has 0 radical (unpaired) electrons. The second kappa shape index (κ2) is 8.18. The van der Waals surface area contributed by atoms with Gasteiger partial charge >= 0.3 is 0 Å². The first-order chi connectivity index (χ1) is 13.6. The van der Waals surface area contributed by atoms with Crippen molar-refractivity contribution in [3.8, 4) is 17.6 Å². The number of halogens is 1. The number of carbonyl (C=O) groups excluding carboxylic acids is 1. The Bertz CT molecular complexity index is 943. The number of nitriles is 1. The third-order valence-corrected chi connectivity index (χ3v) is 5.36. The molecule has 2 aromatic carbocycles. The van der Waals surface area contributed by atoms with Crippen LogP contribution in [0.4, 0.5) is 0 Å². The van der Waals surface area contributed by atoms with Crippen LogP contribution < -0.4 is 4.74 Å². The van der Waals surface area contributed by atoms with Crippen LogP contribution in [0.1, 0.15) is 62.9 Å². The van der Waals surface area contributed by atoms with Gasteiger partial charge in [-0.2, -0.15) is 5.26 Å². The van der Waals surface area contributed by atoms with Crippen molar-refractivity contribution in [1.82, 2.24) is 0 Å². The van der Waals surface area contributed by atoms with E-state index in [4.69, 9.17) is 21.1 Å². The molecule has 0 unspecified atom stereocenters. The van der Waals surface area contributed by atoms with Gasteiger partial charge in [-0.15, -0.1) is 0 Å². The molecule has 0 bridgehead atoms. The van der Waals surface area contributed by atoms with Gasteiger partial charge in [-0.05, 0) is 76.8 Å². The maximum Gasteiger partial charge on any atom is 0.163 e. The third-order valence-electron chi connectivity index (χ3n) is 5.07. The molecule has 1 saturated heterocycles. The van der Waals surface area contributed by atoms with Crippen molar-refractivity contribution in [1.29, 1.82) is 5.26 Å². The molecule has 1 heterocycles. The average Bonchev–Trinajstić information content (AvgIpc) is 2.61. The van der Waals surface area contributed by atoms with Crippen molar-refractivity contribution in [3.63, 3.8) is 0 Å². The molecular formula is C24H26ClNO3. The zero-order valence-corrected chi connectivity index (χ0v) is 18.0. The summed E-state index contributed by atoms with van der Waals surface area (Å²) in [5.74, 6) is 1.18. The Morgan fingerprint density at radius 1 is 1.14 bits per heavy atom. The Morgan fingerprint density at radius 3 is 2.41 bits per heavy atom. The van der Waals surface area contributed by atoms with E-state index >= 15 is 0 Å². The van der Waals surface area contributed by atoms with Gasteiger partial charge in [0.15, 0.2) is 5.78 Å². The molecule has 0 aromatic heterocycles. The van der Waals surface area contributed by atoms with Crippen LogP contribution in [0.3, 0.4) is 0 Å². The molecule has 0 amide bonds. The lowest BCUT2D eigenvalue weighted by molar-refractivity contribution is -0.171. The lowest BCUT2D eigenvalue weighted by Crippen LogP contribution is -2.45. The number of nitrogens with zero attached hydrogens (tertiary/aromatic N) is 1. The maximum atomic E-state index is 12.9. The van der Waals surface area contributed by atoms with Gasteiger partial charge in [0.2, 0.25) is 0 Å². The van der Waals surface area contributed by atoms with Crippen LogP contribution >= 0.6 is 11.6 Å². The van der Waals surface area contributed by atoms with E-state index in [1.54, 1.807) is 42.5 Å². The van der Waals surface area contributed by atoms with Gasteiger partial charge in [-0.3, -0.25) is 4.79 Å². The first kappa shape index (κ1) is 21.4. The minimum atomic E-state index is -0.240. The van der Waals surface area contributed by atoms with Crippen molar-refractivity contribution in [2.24, 2.45) is 5.92 Å². The fraction of sp³-hybridized carbons (Fsp3) is 0.417. The molecule has 5 heteroatoms. The summed E-state index contributed by atoms with van der Waals surface area (Å²) in [5.41, 5.74) is 0.512. The van der Waals surface area contributed by atoms with E-state index < -0.39 is 0 Å². The lowest BCUT2D eigenvalue weighted by atomic mass is 9.78. The molecule has 1 fully saturated rings. The molecule has 2 aromatic rings. The van der Waals surface area contributed by atoms with E-state index in [0.29, 0.717) is 34.1 Å². The van der Waals surface area contributed by atoms with E-state index in [1.807, 2.05) is 0 Å². The predicted molar refractivity (Wildman–Crippen MR) is 114 cm³/mol. The summed E-state index contributed by atoms with van der Waals surface area (Å²) in [7, 11) is 0. The summed E-state index contributed by atoms with van der Waals surface area (Å²) in [6.45, 7) is 8.31. The van der Waals surface area contributed by atoms with Crippen LogP contribution in [-0.4, -0.2) is 17.0 Å². The smallest absolute Gasteiger partial charge is 0.163 e. The highest BCUT2D eigenvalue weighted by Gasteiger charge is 2.39. The van der Waals surface area contributed by atoms with E-state index in [9.17, 15) is 10.1 Å². The minimum Gasteiger partial charge on any atom is -0.454 e. The number of Topliss-reactive ketones (excluding diaryl/α,β-unsaturated/α-hetero) is 1. The third kappa shape index (κ3) is 5.38. The SMILES string of the molecule is CC1(C)CC(CC(=O)c2ccc(Oc3ccccc3C#N)c(Cl)c2)CC(C)(C)O1. The summed E-state index contributed by atoms with van der Waals surface area (Å²) in [5, 5.41) is 9.54. The van der Waals surface area contributed by atoms with Crippen molar-refractivity contribution in [2.45, 2.75) is 58.2 Å². The Kier molecular flexibility index (Phi) is 6.03. The van der Waals surface area contributed by atoms with Gasteiger partial charge in [-0.1, -0.05) is 23.7 Å². The molecule has 152 valence electrons. The number of ether oxygens (including phenoxy) is 2. The molecule has 0 aliphatic carbocycles. The van der Waals surface area contributed by atoms with Gasteiger partial charge in [0.25, 0.3) is 0 Å². The first-order valence-electron chi connectivity index (χ1n) is 9.78. The predicted octanol–water partition coefficient (Wildman–Crippen LogP) is 6.56. The van der Waals surface area contributed by atoms with Crippen LogP contribution in [-0.2, 0) is 4.74 Å². The van der Waals surface area contributed by atoms with Crippen LogP contribution in [0.15, 0.2) is 42.5 Å². The van der Waals surface area contributed by atoms with Crippen LogP contribution in [0.25, 0.3) is 0 Å². The first-order valence-corrected chi connectivity index (χ1v) is 10.2. The van der Waals surface area contributed by atoms with Gasteiger partial charge in [-0.25, -0.2) is 0 Å². The molecule has 1 aliphatic heterocycles. The monoisotopic (exact) mass is 411 g/mol. The minimum absolute atomic E-state index is 0.0642. The standard InChI is InChI=1S/C24H26ClNO3/c1-23(2)13-16(14-24(3,4)29-23)11-20(27)17-9-10-22(19(25)12-17)28-21-8-6-5-7-18(21)15-26/h5-10,12,16H,11,13-14H2,1-4H3. The summed E-state index contributed by atoms with van der Waals surface area (Å²) in [6.07, 6.45) is 2.16. The van der Waals surface area contributed by atoms with E-state index in [1.165, 1.54) is 0 Å². The number of para-hydroxylation sites is 1. The Balaban J connectivity index is 1.73. The van der Waals surface area contributed by atoms with Crippen LogP contribution in [0.5, 0.6) is 11.5 Å². The molecule has 0 atom stereocenters. The van der Waals surface area contributed by atoms with E-state index in [-0.39, 0.29) is 22.9 Å². The van der Waals surface area contributed by atoms with Crippen molar-refractivity contribution in [2.75, 3.05) is 0 Å². The number of hydrogen-bond acceptors (Lipinski definition) is 4. The van der Waals surface area contributed by atoms with Crippen molar-refractivity contribution < 1.29 is 14.3 Å². The second-order valence-corrected chi connectivity index (χ2v) is 9.29. The zero-order chi connectivity index (χ0) is 21.2. The number of ketones is 1. The highest BCUT2D eigenvalue weighted by molar-refractivity contribution is 6.32. The molecule has 1 aliphatic rings. The Morgan fingerprint density at radius 2 is 1.79 bits per heavy atom. The fourth-order valence-corrected chi connectivity index (χ4v) is 4.56. The molecular weight excluding hydrogens is 386 g/mol. The number of hydrogen-bond donors (Lipinski definition) is 0. The van der Waals surface area contributed by atoms with Crippen molar-refractivity contribution in [3.05, 3.63) is 58.6 Å². The van der Waals surface area contributed by atoms with Crippen LogP contribution in [0.2, 0.25) is 5.02 Å². The number of benzene rings is 2. The van der Waals surface area contributed by atoms with Gasteiger partial charge in [0.1, 0.15) is 17.6 Å². The zero-order valence-electron chi connectivity index (χ0n) is 17.3. The number of rotatable bonds is 5. The van der Waals surface area contributed by atoms with Crippen molar-refractivity contribution >= 4 is 17.4 Å². The molecule has 0 spiro atoms. The number of carbonyl (C=O) groups is 1. The average molecular weight is 412 g/mol. The molecule has 0 saturated carbocycles. The highest BCUT2D eigenvalue weighted by Crippen LogP contribution is 2.40. The summed E-state index contributed by atoms with van der Waals surface area (Å²) in [4.78, 5) is 12.9. The summed E-state index contributed by atoms with van der Waals surface area (Å²) < 4.78 is 11.9. The highest BCUT2D eigenvalue weighted by atomic mass is 35.5. The molecule has 29 heavy (non-hydrogen) atoms. The Labute approximate surface area is 177 Å². The van der Waals surface area contributed by atoms with E-state index in [2.05, 4.69) is 33.8 Å². The fourth-order valence-electron chi connectivity index (χ4n) is 4.34. The normalized spacial score (nSPS) is 18.1. The van der Waals surface area contributed by atoms with Gasteiger partial charge < -0.3 is 9.47 Å². The van der Waals surface area contributed by atoms with Gasteiger partial charge in [0.05, 0.1) is 21.8 Å². The molecule has 3 rings (SSSR count). The van der Waals surface area contributed by atoms with Gasteiger partial charge in [0, 0.05) is 12.0 Å². The lowest BCUT2D eigenvalue weighted by Gasteiger charge is -2.45. The summed E-state index contributed by atoms with van der Waals surface area (Å²) in [6, 6.07) is 14.1. The molecule has 0 N–H and O–H groups in total. The summed E-state index contributed by atoms with van der Waals surface area (Å²) >= 11 is 6.37. The molecule has 4 nitrogen and oxygen atoms in total. The van der Waals surface area contributed by atoms with E-state index in [0.717, 1.165) is 12.8 Å². The largest absolute Gasteiger partial charge is 0.454 e. The quantitative estimate of drug-likeness (QED) is 0.522. The van der Waals surface area contributed by atoms with Crippen LogP contribution in [0, 0.1) is 17.2 Å².